The first-order valence-electron chi connectivity index (χ1n) is 9.55. The largest absolute Gasteiger partial charge is 0.321 e. The Balaban J connectivity index is 1.82. The Morgan fingerprint density at radius 2 is 1.79 bits per heavy atom. The first-order chi connectivity index (χ1) is 13.3. The van der Waals surface area contributed by atoms with E-state index in [1.165, 1.54) is 13.1 Å². The minimum atomic E-state index is -3.62. The van der Waals surface area contributed by atoms with Gasteiger partial charge in [-0.15, -0.1) is 0 Å². The summed E-state index contributed by atoms with van der Waals surface area (Å²) in [7, 11) is -2.11. The molecule has 1 fully saturated rings. The van der Waals surface area contributed by atoms with Gasteiger partial charge in [-0.2, -0.15) is 9.41 Å². The summed E-state index contributed by atoms with van der Waals surface area (Å²) in [5.74, 6) is -0.570. The molecule has 152 valence electrons. The maximum Gasteiger partial charge on any atom is 0.271 e. The lowest BCUT2D eigenvalue weighted by atomic mass is 10.1. The van der Waals surface area contributed by atoms with Crippen molar-refractivity contribution in [3.8, 4) is 0 Å². The molecule has 0 atom stereocenters. The highest BCUT2D eigenvalue weighted by Gasteiger charge is 2.27. The standard InChI is InChI=1S/C19H26N4O4S/c1-14-7-8-15(20-19(25)16-9-10-18(24)22(2)21-16)13-17(14)28(26,27)23-11-5-3-4-6-12-23/h7-8,13H,3-6,9-12H2,1-2H3,(H,20,25). The van der Waals surface area contributed by atoms with Crippen LogP contribution in [0.25, 0.3) is 0 Å². The molecule has 2 amide bonds. The fourth-order valence-electron chi connectivity index (χ4n) is 3.41. The van der Waals surface area contributed by atoms with Crippen LogP contribution >= 0.6 is 0 Å². The van der Waals surface area contributed by atoms with Gasteiger partial charge in [0.15, 0.2) is 0 Å². The molecule has 2 aliphatic rings. The van der Waals surface area contributed by atoms with Crippen LogP contribution < -0.4 is 5.32 Å². The van der Waals surface area contributed by atoms with Gasteiger partial charge < -0.3 is 5.32 Å². The van der Waals surface area contributed by atoms with Gasteiger partial charge in [0.25, 0.3) is 5.91 Å². The number of benzene rings is 1. The van der Waals surface area contributed by atoms with E-state index in [2.05, 4.69) is 10.4 Å². The van der Waals surface area contributed by atoms with Gasteiger partial charge in [0, 0.05) is 38.7 Å². The molecule has 0 bridgehead atoms. The van der Waals surface area contributed by atoms with Crippen molar-refractivity contribution in [2.75, 3.05) is 25.5 Å². The van der Waals surface area contributed by atoms with Crippen LogP contribution in [-0.4, -0.2) is 55.4 Å². The molecule has 0 aliphatic carbocycles. The Morgan fingerprint density at radius 1 is 1.11 bits per heavy atom. The van der Waals surface area contributed by atoms with Crippen molar-refractivity contribution in [3.63, 3.8) is 0 Å². The number of anilines is 1. The molecule has 9 heteroatoms. The number of nitrogens with zero attached hydrogens (tertiary/aromatic N) is 3. The minimum absolute atomic E-state index is 0.141. The van der Waals surface area contributed by atoms with Gasteiger partial charge in [-0.1, -0.05) is 18.9 Å². The van der Waals surface area contributed by atoms with Gasteiger partial charge in [0.2, 0.25) is 15.9 Å². The van der Waals surface area contributed by atoms with E-state index in [0.29, 0.717) is 24.3 Å². The predicted octanol–water partition coefficient (Wildman–Crippen LogP) is 2.11. The molecule has 1 N–H and O–H groups in total. The molecule has 0 spiro atoms. The summed E-state index contributed by atoms with van der Waals surface area (Å²) in [6.45, 7) is 2.80. The normalized spacial score (nSPS) is 19.1. The van der Waals surface area contributed by atoms with Crippen LogP contribution in [0.1, 0.15) is 44.1 Å². The highest BCUT2D eigenvalue weighted by atomic mass is 32.2. The first kappa shape index (κ1) is 20.5. The lowest BCUT2D eigenvalue weighted by Crippen LogP contribution is -2.34. The van der Waals surface area contributed by atoms with Crippen LogP contribution in [0.2, 0.25) is 0 Å². The minimum Gasteiger partial charge on any atom is -0.321 e. The number of amides is 2. The van der Waals surface area contributed by atoms with Gasteiger partial charge in [-0.25, -0.2) is 13.4 Å². The molecule has 8 nitrogen and oxygen atoms in total. The van der Waals surface area contributed by atoms with Crippen LogP contribution in [0.4, 0.5) is 5.69 Å². The number of rotatable bonds is 4. The zero-order chi connectivity index (χ0) is 20.3. The molecule has 3 rings (SSSR count). The molecule has 28 heavy (non-hydrogen) atoms. The average molecular weight is 407 g/mol. The number of carbonyl (C=O) groups is 2. The number of sulfonamides is 1. The van der Waals surface area contributed by atoms with E-state index in [1.807, 2.05) is 0 Å². The Kier molecular flexibility index (Phi) is 6.14. The Hall–Kier alpha value is -2.26. The summed E-state index contributed by atoms with van der Waals surface area (Å²) >= 11 is 0. The highest BCUT2D eigenvalue weighted by molar-refractivity contribution is 7.89. The van der Waals surface area contributed by atoms with Crippen LogP contribution in [0.5, 0.6) is 0 Å². The maximum atomic E-state index is 13.1. The molecule has 1 aromatic carbocycles. The van der Waals surface area contributed by atoms with E-state index in [9.17, 15) is 18.0 Å². The van der Waals surface area contributed by atoms with E-state index in [1.54, 1.807) is 23.4 Å². The number of aryl methyl sites for hydroxylation is 1. The summed E-state index contributed by atoms with van der Waals surface area (Å²) in [5.41, 5.74) is 1.29. The fraction of sp³-hybridized carbons (Fsp3) is 0.526. The molecule has 2 aliphatic heterocycles. The zero-order valence-corrected chi connectivity index (χ0v) is 17.1. The first-order valence-corrected chi connectivity index (χ1v) is 11.0. The molecule has 0 saturated carbocycles. The summed E-state index contributed by atoms with van der Waals surface area (Å²) in [6.07, 6.45) is 4.30. The van der Waals surface area contributed by atoms with Crippen LogP contribution in [-0.2, 0) is 19.6 Å². The van der Waals surface area contributed by atoms with Crippen molar-refractivity contribution in [2.45, 2.75) is 50.3 Å². The molecule has 1 aromatic rings. The number of hydrogen-bond acceptors (Lipinski definition) is 5. The summed E-state index contributed by atoms with van der Waals surface area (Å²) < 4.78 is 27.8. The van der Waals surface area contributed by atoms with E-state index >= 15 is 0 Å². The summed E-state index contributed by atoms with van der Waals surface area (Å²) in [5, 5.41) is 7.86. The topological polar surface area (TPSA) is 99.1 Å². The van der Waals surface area contributed by atoms with Crippen LogP contribution in [0, 0.1) is 6.92 Å². The molecule has 2 heterocycles. The highest BCUT2D eigenvalue weighted by Crippen LogP contribution is 2.26. The smallest absolute Gasteiger partial charge is 0.271 e. The second-order valence-electron chi connectivity index (χ2n) is 7.22. The molecular formula is C19H26N4O4S. The number of nitrogens with one attached hydrogen (secondary N) is 1. The summed E-state index contributed by atoms with van der Waals surface area (Å²) in [6, 6.07) is 4.87. The Labute approximate surface area is 165 Å². The number of hydrogen-bond donors (Lipinski definition) is 1. The molecule has 1 saturated heterocycles. The van der Waals surface area contributed by atoms with Gasteiger partial charge in [0.05, 0.1) is 4.90 Å². The van der Waals surface area contributed by atoms with E-state index in [0.717, 1.165) is 30.7 Å². The lowest BCUT2D eigenvalue weighted by Gasteiger charge is -2.22. The van der Waals surface area contributed by atoms with E-state index in [4.69, 9.17) is 0 Å². The van der Waals surface area contributed by atoms with Crippen molar-refractivity contribution in [3.05, 3.63) is 23.8 Å². The van der Waals surface area contributed by atoms with Gasteiger partial charge >= 0.3 is 0 Å². The second-order valence-corrected chi connectivity index (χ2v) is 9.12. The number of carbonyl (C=O) groups excluding carboxylic acids is 2. The van der Waals surface area contributed by atoms with Gasteiger partial charge in [0.1, 0.15) is 5.71 Å². The third kappa shape index (κ3) is 4.41. The van der Waals surface area contributed by atoms with E-state index in [-0.39, 0.29) is 29.4 Å². The van der Waals surface area contributed by atoms with E-state index < -0.39 is 15.9 Å². The van der Waals surface area contributed by atoms with Crippen molar-refractivity contribution in [2.24, 2.45) is 5.10 Å². The van der Waals surface area contributed by atoms with Crippen LogP contribution in [0.15, 0.2) is 28.2 Å². The van der Waals surface area contributed by atoms with Crippen LogP contribution in [0.3, 0.4) is 0 Å². The third-order valence-corrected chi connectivity index (χ3v) is 7.14. The maximum absolute atomic E-state index is 13.1. The van der Waals surface area contributed by atoms with Crippen molar-refractivity contribution in [1.82, 2.24) is 9.31 Å². The van der Waals surface area contributed by atoms with Crippen molar-refractivity contribution in [1.29, 1.82) is 0 Å². The van der Waals surface area contributed by atoms with Crippen molar-refractivity contribution < 1.29 is 18.0 Å². The molecular weight excluding hydrogens is 380 g/mol. The fourth-order valence-corrected chi connectivity index (χ4v) is 5.18. The molecule has 0 radical (unpaired) electrons. The molecule has 0 aromatic heterocycles. The van der Waals surface area contributed by atoms with Gasteiger partial charge in [-0.3, -0.25) is 9.59 Å². The zero-order valence-electron chi connectivity index (χ0n) is 16.3. The quantitative estimate of drug-likeness (QED) is 0.828. The number of hydrazone groups is 1. The summed E-state index contributed by atoms with van der Waals surface area (Å²) in [4.78, 5) is 24.2. The monoisotopic (exact) mass is 406 g/mol. The third-order valence-electron chi connectivity index (χ3n) is 5.10. The second kappa shape index (κ2) is 8.40. The Bertz CT molecular complexity index is 903. The lowest BCUT2D eigenvalue weighted by molar-refractivity contribution is -0.130. The Morgan fingerprint density at radius 3 is 2.43 bits per heavy atom. The SMILES string of the molecule is Cc1ccc(NC(=O)C2=NN(C)C(=O)CC2)cc1S(=O)(=O)N1CCCCCC1. The van der Waals surface area contributed by atoms with Gasteiger partial charge in [-0.05, 0) is 37.5 Å². The predicted molar refractivity (Wildman–Crippen MR) is 106 cm³/mol. The molecule has 0 unspecified atom stereocenters. The average Bonchev–Trinajstić information content (AvgIpc) is 2.95. The van der Waals surface area contributed by atoms with Crippen molar-refractivity contribution >= 4 is 33.2 Å².